The molecule has 0 fully saturated rings. The lowest BCUT2D eigenvalue weighted by Gasteiger charge is -2.18. The van der Waals surface area contributed by atoms with Crippen LogP contribution in [0, 0.1) is 5.82 Å². The second-order valence-corrected chi connectivity index (χ2v) is 7.01. The predicted molar refractivity (Wildman–Crippen MR) is 121 cm³/mol. The van der Waals surface area contributed by atoms with Crippen molar-refractivity contribution in [3.63, 3.8) is 0 Å². The Labute approximate surface area is 187 Å². The van der Waals surface area contributed by atoms with Crippen molar-refractivity contribution in [2.75, 3.05) is 0 Å². The molecule has 1 atom stereocenters. The summed E-state index contributed by atoms with van der Waals surface area (Å²) in [7, 11) is 0. The third kappa shape index (κ3) is 4.82. The van der Waals surface area contributed by atoms with E-state index in [-0.39, 0.29) is 11.3 Å². The minimum absolute atomic E-state index is 0.132. The summed E-state index contributed by atoms with van der Waals surface area (Å²) in [4.78, 5) is 38.0. The summed E-state index contributed by atoms with van der Waals surface area (Å²) in [6, 6.07) is 19.6. The minimum atomic E-state index is -1.29. The Kier molecular flexibility index (Phi) is 6.31. The quantitative estimate of drug-likeness (QED) is 0.314. The van der Waals surface area contributed by atoms with Gasteiger partial charge in [0.25, 0.3) is 17.4 Å². The largest absolute Gasteiger partial charge is 0.335 e. The van der Waals surface area contributed by atoms with E-state index >= 15 is 0 Å². The third-order valence-electron chi connectivity index (χ3n) is 4.86. The first-order chi connectivity index (χ1) is 16.0. The van der Waals surface area contributed by atoms with Gasteiger partial charge in [0, 0.05) is 16.5 Å². The Morgan fingerprint density at radius 1 is 0.939 bits per heavy atom. The summed E-state index contributed by atoms with van der Waals surface area (Å²) in [5, 5.41) is 13.5. The molecular formula is C24H18FN5O3. The van der Waals surface area contributed by atoms with Crippen molar-refractivity contribution >= 4 is 28.8 Å². The molecule has 1 aromatic heterocycles. The second-order valence-electron chi connectivity index (χ2n) is 7.01. The van der Waals surface area contributed by atoms with Crippen molar-refractivity contribution in [2.24, 2.45) is 5.10 Å². The van der Waals surface area contributed by atoms with Crippen LogP contribution in [0.15, 0.2) is 88.8 Å². The van der Waals surface area contributed by atoms with Gasteiger partial charge in [-0.1, -0.05) is 54.6 Å². The van der Waals surface area contributed by atoms with Crippen LogP contribution in [0.25, 0.3) is 10.8 Å². The summed E-state index contributed by atoms with van der Waals surface area (Å²) in [6.07, 6.45) is 1.15. The van der Waals surface area contributed by atoms with Crippen molar-refractivity contribution in [1.29, 1.82) is 0 Å². The third-order valence-corrected chi connectivity index (χ3v) is 4.86. The van der Waals surface area contributed by atoms with E-state index in [9.17, 15) is 18.8 Å². The van der Waals surface area contributed by atoms with Gasteiger partial charge in [0.15, 0.2) is 6.04 Å². The van der Waals surface area contributed by atoms with Crippen LogP contribution in [0.2, 0.25) is 0 Å². The fourth-order valence-electron chi connectivity index (χ4n) is 3.23. The molecule has 3 aromatic carbocycles. The van der Waals surface area contributed by atoms with Gasteiger partial charge in [-0.05, 0) is 24.3 Å². The first kappa shape index (κ1) is 21.6. The molecule has 0 unspecified atom stereocenters. The smallest absolute Gasteiger partial charge is 0.272 e. The zero-order valence-electron chi connectivity index (χ0n) is 17.2. The van der Waals surface area contributed by atoms with Gasteiger partial charge in [-0.2, -0.15) is 10.2 Å². The monoisotopic (exact) mass is 443 g/mol. The Bertz CT molecular complexity index is 1400. The van der Waals surface area contributed by atoms with Gasteiger partial charge in [-0.3, -0.25) is 14.4 Å². The number of carbonyl (C=O) groups excluding carboxylic acids is 2. The normalized spacial score (nSPS) is 11.9. The zero-order chi connectivity index (χ0) is 23.2. The fourth-order valence-corrected chi connectivity index (χ4v) is 3.23. The SMILES string of the molecule is O=C(N[C@@H](C(=O)N/N=C/c1ccccc1F)c1n[nH]c(=O)c2ccccc12)c1ccccc1. The molecular weight excluding hydrogens is 425 g/mol. The molecule has 0 spiro atoms. The Morgan fingerprint density at radius 3 is 2.36 bits per heavy atom. The highest BCUT2D eigenvalue weighted by Crippen LogP contribution is 2.20. The van der Waals surface area contributed by atoms with E-state index in [4.69, 9.17) is 0 Å². The number of hydrogen-bond acceptors (Lipinski definition) is 5. The maximum absolute atomic E-state index is 13.8. The van der Waals surface area contributed by atoms with E-state index in [0.717, 1.165) is 6.21 Å². The molecule has 0 saturated carbocycles. The number of hydrazone groups is 1. The number of nitrogens with one attached hydrogen (secondary N) is 3. The number of H-pyrrole nitrogens is 1. The standard InChI is InChI=1S/C24H18FN5O3/c25-19-13-7-4-10-16(19)14-26-29-24(33)21(27-22(31)15-8-2-1-3-9-15)20-17-11-5-6-12-18(17)23(32)30-28-20/h1-14,21H,(H,27,31)(H,29,33)(H,30,32)/b26-14+/t21-/m1/s1. The number of hydrogen-bond donors (Lipinski definition) is 3. The number of carbonyl (C=O) groups is 2. The van der Waals surface area contributed by atoms with Crippen molar-refractivity contribution in [2.45, 2.75) is 6.04 Å². The van der Waals surface area contributed by atoms with Crippen LogP contribution in [-0.2, 0) is 4.79 Å². The van der Waals surface area contributed by atoms with Crippen molar-refractivity contribution in [3.05, 3.63) is 112 Å². The van der Waals surface area contributed by atoms with E-state index in [1.165, 1.54) is 18.2 Å². The van der Waals surface area contributed by atoms with Crippen LogP contribution in [0.1, 0.15) is 27.7 Å². The maximum atomic E-state index is 13.8. The first-order valence-corrected chi connectivity index (χ1v) is 9.95. The van der Waals surface area contributed by atoms with Gasteiger partial charge >= 0.3 is 0 Å². The number of rotatable bonds is 6. The van der Waals surface area contributed by atoms with Gasteiger partial charge in [-0.25, -0.2) is 14.9 Å². The lowest BCUT2D eigenvalue weighted by atomic mass is 10.0. The van der Waals surface area contributed by atoms with Crippen LogP contribution < -0.4 is 16.3 Å². The highest BCUT2D eigenvalue weighted by Gasteiger charge is 2.27. The van der Waals surface area contributed by atoms with Crippen LogP contribution in [-0.4, -0.2) is 28.2 Å². The lowest BCUT2D eigenvalue weighted by Crippen LogP contribution is -2.40. The predicted octanol–water partition coefficient (Wildman–Crippen LogP) is 2.68. The molecule has 4 aromatic rings. The summed E-state index contributed by atoms with van der Waals surface area (Å²) in [5.41, 5.74) is 2.52. The van der Waals surface area contributed by atoms with Gasteiger partial charge in [0.1, 0.15) is 11.5 Å². The molecule has 0 aliphatic rings. The van der Waals surface area contributed by atoms with Crippen LogP contribution in [0.3, 0.4) is 0 Å². The van der Waals surface area contributed by atoms with Gasteiger partial charge < -0.3 is 5.32 Å². The van der Waals surface area contributed by atoms with Gasteiger partial charge in [0.05, 0.1) is 11.6 Å². The molecule has 2 amide bonds. The average molecular weight is 443 g/mol. The zero-order valence-corrected chi connectivity index (χ0v) is 17.2. The molecule has 1 heterocycles. The van der Waals surface area contributed by atoms with E-state index in [1.54, 1.807) is 60.7 Å². The molecule has 164 valence electrons. The molecule has 0 aliphatic carbocycles. The molecule has 8 nitrogen and oxygen atoms in total. The number of nitrogens with zero attached hydrogens (tertiary/aromatic N) is 2. The number of fused-ring (bicyclic) bond motifs is 1. The number of benzene rings is 3. The van der Waals surface area contributed by atoms with Crippen molar-refractivity contribution in [1.82, 2.24) is 20.9 Å². The summed E-state index contributed by atoms with van der Waals surface area (Å²) >= 11 is 0. The van der Waals surface area contributed by atoms with E-state index in [2.05, 4.69) is 26.0 Å². The fraction of sp³-hybridized carbons (Fsp3) is 0.0417. The maximum Gasteiger partial charge on any atom is 0.272 e. The molecule has 0 aliphatic heterocycles. The Balaban J connectivity index is 1.68. The van der Waals surface area contributed by atoms with E-state index in [1.807, 2.05) is 0 Å². The summed E-state index contributed by atoms with van der Waals surface area (Å²) in [5.74, 6) is -1.75. The highest BCUT2D eigenvalue weighted by atomic mass is 19.1. The molecule has 0 saturated heterocycles. The Hall–Kier alpha value is -4.66. The van der Waals surface area contributed by atoms with Gasteiger partial charge in [-0.15, -0.1) is 0 Å². The summed E-state index contributed by atoms with van der Waals surface area (Å²) < 4.78 is 13.8. The number of amides is 2. The van der Waals surface area contributed by atoms with Crippen molar-refractivity contribution in [3.8, 4) is 0 Å². The Morgan fingerprint density at radius 2 is 1.61 bits per heavy atom. The topological polar surface area (TPSA) is 116 Å². The van der Waals surface area contributed by atoms with Gasteiger partial charge in [0.2, 0.25) is 0 Å². The molecule has 33 heavy (non-hydrogen) atoms. The van der Waals surface area contributed by atoms with Crippen LogP contribution in [0.5, 0.6) is 0 Å². The average Bonchev–Trinajstić information content (AvgIpc) is 2.85. The molecule has 9 heteroatoms. The highest BCUT2D eigenvalue weighted by molar-refractivity contribution is 5.99. The summed E-state index contributed by atoms with van der Waals surface area (Å²) in [6.45, 7) is 0. The lowest BCUT2D eigenvalue weighted by molar-refractivity contribution is -0.123. The minimum Gasteiger partial charge on any atom is -0.335 e. The molecule has 0 bridgehead atoms. The first-order valence-electron chi connectivity index (χ1n) is 9.95. The van der Waals surface area contributed by atoms with E-state index < -0.39 is 29.2 Å². The molecule has 3 N–H and O–H groups in total. The molecule has 4 rings (SSSR count). The second kappa shape index (κ2) is 9.65. The van der Waals surface area contributed by atoms with E-state index in [0.29, 0.717) is 16.3 Å². The number of aromatic nitrogens is 2. The number of aromatic amines is 1. The van der Waals surface area contributed by atoms with Crippen LogP contribution in [0.4, 0.5) is 4.39 Å². The van der Waals surface area contributed by atoms with Crippen LogP contribution >= 0.6 is 0 Å². The molecule has 0 radical (unpaired) electrons. The number of halogens is 1. The van der Waals surface area contributed by atoms with Crippen molar-refractivity contribution < 1.29 is 14.0 Å².